The SMILES string of the molecule is Fc1cc2c(oc3ccccc32)c(-n2c3ccccc3c3ccccc32)c1-c1nc(-c2ccccc2)nc(-c2c(F)cc3c(oc4ccccc43)c2-n2c3ccccc3c3ccccc32)n1. The molecule has 0 N–H and O–H groups in total. The Labute approximate surface area is 373 Å². The minimum atomic E-state index is -0.585. The third kappa shape index (κ3) is 5.13. The lowest BCUT2D eigenvalue weighted by molar-refractivity contribution is 0.625. The molecule has 0 saturated carbocycles. The smallest absolute Gasteiger partial charge is 0.169 e. The molecule has 14 rings (SSSR count). The number of halogens is 2. The van der Waals surface area contributed by atoms with Crippen LogP contribution in [0.3, 0.4) is 0 Å². The van der Waals surface area contributed by atoms with E-state index in [1.165, 1.54) is 12.1 Å². The molecule has 9 aromatic carbocycles. The van der Waals surface area contributed by atoms with Crippen LogP contribution in [0.1, 0.15) is 0 Å². The number of benzene rings is 9. The van der Waals surface area contributed by atoms with E-state index < -0.39 is 11.6 Å². The molecule has 5 aromatic heterocycles. The van der Waals surface area contributed by atoms with Gasteiger partial charge in [0.2, 0.25) is 0 Å². The van der Waals surface area contributed by atoms with Crippen LogP contribution in [0.15, 0.2) is 197 Å². The number of fused-ring (bicyclic) bond motifs is 12. The molecule has 0 aliphatic rings. The highest BCUT2D eigenvalue weighted by Gasteiger charge is 2.31. The Hall–Kier alpha value is -8.95. The average molecular weight is 856 g/mol. The maximum absolute atomic E-state index is 17.9. The van der Waals surface area contributed by atoms with E-state index in [9.17, 15) is 0 Å². The summed E-state index contributed by atoms with van der Waals surface area (Å²) in [5, 5.41) is 6.62. The summed E-state index contributed by atoms with van der Waals surface area (Å²) in [6.45, 7) is 0. The summed E-state index contributed by atoms with van der Waals surface area (Å²) in [5.41, 5.74) is 7.01. The zero-order chi connectivity index (χ0) is 43.6. The third-order valence-corrected chi connectivity index (χ3v) is 12.9. The van der Waals surface area contributed by atoms with Crippen molar-refractivity contribution in [2.75, 3.05) is 0 Å². The first-order valence-electron chi connectivity index (χ1n) is 21.7. The fraction of sp³-hybridized carbons (Fsp3) is 0. The fourth-order valence-corrected chi connectivity index (χ4v) is 10.1. The predicted octanol–water partition coefficient (Wildman–Crippen LogP) is 15.1. The zero-order valence-corrected chi connectivity index (χ0v) is 34.7. The number of nitrogens with zero attached hydrogens (tertiary/aromatic N) is 5. The quantitative estimate of drug-likeness (QED) is 0.172. The van der Waals surface area contributed by atoms with Gasteiger partial charge >= 0.3 is 0 Å². The number of aromatic nitrogens is 5. The highest BCUT2D eigenvalue weighted by Crippen LogP contribution is 2.47. The Bertz CT molecular complexity index is 3970. The van der Waals surface area contributed by atoms with Crippen molar-refractivity contribution in [3.05, 3.63) is 200 Å². The average Bonchev–Trinajstić information content (AvgIpc) is 4.11. The number of hydrogen-bond donors (Lipinski definition) is 0. The topological polar surface area (TPSA) is 74.8 Å². The Morgan fingerprint density at radius 1 is 0.333 bits per heavy atom. The summed E-state index contributed by atoms with van der Waals surface area (Å²) in [6, 6.07) is 59.8. The molecule has 0 fully saturated rings. The molecule has 310 valence electrons. The van der Waals surface area contributed by atoms with Crippen molar-refractivity contribution in [3.63, 3.8) is 0 Å². The van der Waals surface area contributed by atoms with Gasteiger partial charge in [-0.1, -0.05) is 140 Å². The van der Waals surface area contributed by atoms with Gasteiger partial charge in [0.05, 0.1) is 33.2 Å². The summed E-state index contributed by atoms with van der Waals surface area (Å²) in [5.74, 6) is -0.957. The van der Waals surface area contributed by atoms with Crippen molar-refractivity contribution < 1.29 is 17.6 Å². The zero-order valence-electron chi connectivity index (χ0n) is 34.7. The molecule has 9 heteroatoms. The second-order valence-electron chi connectivity index (χ2n) is 16.5. The van der Waals surface area contributed by atoms with Gasteiger partial charge in [0.15, 0.2) is 28.6 Å². The summed E-state index contributed by atoms with van der Waals surface area (Å²) < 4.78 is 53.5. The molecule has 0 spiro atoms. The van der Waals surface area contributed by atoms with Gasteiger partial charge in [0.25, 0.3) is 0 Å². The molecule has 14 aromatic rings. The highest BCUT2D eigenvalue weighted by molar-refractivity contribution is 6.16. The molecule has 0 amide bonds. The molecule has 5 heterocycles. The van der Waals surface area contributed by atoms with E-state index in [0.717, 1.165) is 54.4 Å². The highest BCUT2D eigenvalue weighted by atomic mass is 19.1. The van der Waals surface area contributed by atoms with Crippen molar-refractivity contribution in [3.8, 4) is 45.5 Å². The van der Waals surface area contributed by atoms with E-state index >= 15 is 8.78 Å². The van der Waals surface area contributed by atoms with Crippen LogP contribution in [0, 0.1) is 11.6 Å². The van der Waals surface area contributed by atoms with Crippen LogP contribution in [0.2, 0.25) is 0 Å². The minimum absolute atomic E-state index is 0.00662. The Balaban J connectivity index is 1.16. The molecule has 0 atom stereocenters. The van der Waals surface area contributed by atoms with Gasteiger partial charge in [-0.25, -0.2) is 23.7 Å². The molecule has 0 saturated heterocycles. The van der Waals surface area contributed by atoms with Crippen molar-refractivity contribution >= 4 is 87.5 Å². The first-order valence-corrected chi connectivity index (χ1v) is 21.7. The molecule has 0 aliphatic heterocycles. The Kier molecular flexibility index (Phi) is 7.62. The van der Waals surface area contributed by atoms with E-state index in [4.69, 9.17) is 23.8 Å². The fourth-order valence-electron chi connectivity index (χ4n) is 10.1. The monoisotopic (exact) mass is 855 g/mol. The largest absolute Gasteiger partial charge is 0.454 e. The van der Waals surface area contributed by atoms with Crippen molar-refractivity contribution in [1.29, 1.82) is 0 Å². The first kappa shape index (κ1) is 36.5. The molecular formula is C57H31F2N5O2. The van der Waals surface area contributed by atoms with Gasteiger partial charge in [-0.05, 0) is 48.5 Å². The van der Waals surface area contributed by atoms with Gasteiger partial charge < -0.3 is 18.0 Å². The number of para-hydroxylation sites is 6. The third-order valence-electron chi connectivity index (χ3n) is 12.9. The van der Waals surface area contributed by atoms with Crippen LogP contribution in [0.4, 0.5) is 8.78 Å². The number of rotatable bonds is 5. The van der Waals surface area contributed by atoms with Crippen LogP contribution in [0.5, 0.6) is 0 Å². The summed E-state index contributed by atoms with van der Waals surface area (Å²) in [4.78, 5) is 15.4. The van der Waals surface area contributed by atoms with Crippen LogP contribution >= 0.6 is 0 Å². The number of hydrogen-bond acceptors (Lipinski definition) is 5. The van der Waals surface area contributed by atoms with E-state index in [1.54, 1.807) is 0 Å². The first-order chi connectivity index (χ1) is 32.6. The van der Waals surface area contributed by atoms with Gasteiger partial charge in [-0.3, -0.25) is 0 Å². The Morgan fingerprint density at radius 2 is 0.667 bits per heavy atom. The van der Waals surface area contributed by atoms with Crippen molar-refractivity contribution in [2.45, 2.75) is 0 Å². The van der Waals surface area contributed by atoms with Crippen LogP contribution < -0.4 is 0 Å². The van der Waals surface area contributed by atoms with Crippen LogP contribution in [0.25, 0.3) is 133 Å². The van der Waals surface area contributed by atoms with Crippen molar-refractivity contribution in [2.24, 2.45) is 0 Å². The van der Waals surface area contributed by atoms with Gasteiger partial charge in [0, 0.05) is 48.7 Å². The van der Waals surface area contributed by atoms with E-state index in [2.05, 4.69) is 24.3 Å². The lowest BCUT2D eigenvalue weighted by Gasteiger charge is -2.18. The summed E-state index contributed by atoms with van der Waals surface area (Å²) in [6.07, 6.45) is 0. The molecule has 0 aliphatic carbocycles. The summed E-state index contributed by atoms with van der Waals surface area (Å²) in [7, 11) is 0. The molecule has 0 radical (unpaired) electrons. The number of furan rings is 2. The van der Waals surface area contributed by atoms with Gasteiger partial charge in [0.1, 0.15) is 34.2 Å². The molecular weight excluding hydrogens is 825 g/mol. The van der Waals surface area contributed by atoms with Gasteiger partial charge in [-0.15, -0.1) is 0 Å². The minimum Gasteiger partial charge on any atom is -0.454 e. The van der Waals surface area contributed by atoms with Crippen LogP contribution in [-0.4, -0.2) is 24.1 Å². The summed E-state index contributed by atoms with van der Waals surface area (Å²) >= 11 is 0. The molecule has 0 bridgehead atoms. The normalized spacial score (nSPS) is 12.1. The van der Waals surface area contributed by atoms with E-state index in [1.807, 2.05) is 161 Å². The van der Waals surface area contributed by atoms with E-state index in [-0.39, 0.29) is 28.6 Å². The molecule has 0 unspecified atom stereocenters. The predicted molar refractivity (Wildman–Crippen MR) is 259 cm³/mol. The molecule has 66 heavy (non-hydrogen) atoms. The standard InChI is InChI=1S/C57H31F2N5O2/c58-41-30-39-37-22-8-14-28-47(37)65-53(39)51(63-43-24-10-4-18-33(43)34-19-5-11-25-44(34)63)49(41)56-60-55(32-16-2-1-3-17-32)61-57(62-56)50-42(59)31-40-38-23-9-15-29-48(38)66-54(40)52(50)64-45-26-12-6-20-35(45)36-21-7-13-27-46(36)64/h1-31H. The van der Waals surface area contributed by atoms with Crippen molar-refractivity contribution in [1.82, 2.24) is 24.1 Å². The van der Waals surface area contributed by atoms with Gasteiger partial charge in [-0.2, -0.15) is 0 Å². The van der Waals surface area contributed by atoms with Crippen LogP contribution in [-0.2, 0) is 0 Å². The lowest BCUT2D eigenvalue weighted by Crippen LogP contribution is -2.08. The second-order valence-corrected chi connectivity index (χ2v) is 16.5. The molecule has 7 nitrogen and oxygen atoms in total. The maximum atomic E-state index is 17.9. The maximum Gasteiger partial charge on any atom is 0.169 e. The Morgan fingerprint density at radius 3 is 1.08 bits per heavy atom. The lowest BCUT2D eigenvalue weighted by atomic mass is 10.0. The van der Waals surface area contributed by atoms with E-state index in [0.29, 0.717) is 50.0 Å². The second kappa shape index (κ2) is 13.8.